The number of Topliss-reactive ketones (excluding diaryl/α,β-unsaturated/α-hetero) is 1. The van der Waals surface area contributed by atoms with Crippen LogP contribution < -0.4 is 0 Å². The van der Waals surface area contributed by atoms with E-state index in [4.69, 9.17) is 0 Å². The lowest BCUT2D eigenvalue weighted by Gasteiger charge is -2.34. The average molecular weight is 228 g/mol. The summed E-state index contributed by atoms with van der Waals surface area (Å²) < 4.78 is 0. The van der Waals surface area contributed by atoms with Gasteiger partial charge in [-0.25, -0.2) is 0 Å². The van der Waals surface area contributed by atoms with Gasteiger partial charge in [-0.2, -0.15) is 0 Å². The zero-order valence-electron chi connectivity index (χ0n) is 10.6. The average Bonchev–Trinajstić information content (AvgIpc) is 2.33. The Kier molecular flexibility index (Phi) is 3.46. The molecule has 1 heteroatoms. The molecule has 0 bridgehead atoms. The number of hydrogen-bond donors (Lipinski definition) is 0. The lowest BCUT2D eigenvalue weighted by Crippen LogP contribution is -2.30. The summed E-state index contributed by atoms with van der Waals surface area (Å²) in [5.41, 5.74) is 2.44. The van der Waals surface area contributed by atoms with Crippen molar-refractivity contribution < 1.29 is 4.79 Å². The van der Waals surface area contributed by atoms with Gasteiger partial charge in [-0.15, -0.1) is 0 Å². The Labute approximate surface area is 104 Å². The number of rotatable bonds is 2. The zero-order valence-corrected chi connectivity index (χ0v) is 10.6. The van der Waals surface area contributed by atoms with Gasteiger partial charge >= 0.3 is 0 Å². The van der Waals surface area contributed by atoms with Crippen molar-refractivity contribution in [2.75, 3.05) is 0 Å². The fraction of sp³-hybridized carbons (Fsp3) is 0.438. The molecule has 2 rings (SSSR count). The molecule has 1 aromatic carbocycles. The van der Waals surface area contributed by atoms with Gasteiger partial charge in [0.25, 0.3) is 0 Å². The van der Waals surface area contributed by atoms with Crippen LogP contribution in [0.2, 0.25) is 0 Å². The molecule has 1 saturated carbocycles. The first-order valence-corrected chi connectivity index (χ1v) is 6.32. The van der Waals surface area contributed by atoms with E-state index in [1.54, 1.807) is 0 Å². The summed E-state index contributed by atoms with van der Waals surface area (Å²) in [5, 5.41) is 0. The maximum atomic E-state index is 12.1. The number of benzene rings is 1. The van der Waals surface area contributed by atoms with Gasteiger partial charge in [-0.05, 0) is 30.7 Å². The summed E-state index contributed by atoms with van der Waals surface area (Å²) in [7, 11) is 0. The van der Waals surface area contributed by atoms with Crippen molar-refractivity contribution >= 4 is 5.78 Å². The lowest BCUT2D eigenvalue weighted by molar-refractivity contribution is -0.125. The van der Waals surface area contributed by atoms with Crippen molar-refractivity contribution in [3.05, 3.63) is 48.0 Å². The fourth-order valence-corrected chi connectivity index (χ4v) is 2.75. The van der Waals surface area contributed by atoms with Crippen LogP contribution in [0.1, 0.15) is 38.2 Å². The first-order chi connectivity index (χ1) is 8.09. The highest BCUT2D eigenvalue weighted by Gasteiger charge is 2.34. The minimum absolute atomic E-state index is 0.146. The van der Waals surface area contributed by atoms with Crippen LogP contribution in [0.5, 0.6) is 0 Å². The predicted molar refractivity (Wildman–Crippen MR) is 70.9 cm³/mol. The van der Waals surface area contributed by atoms with E-state index >= 15 is 0 Å². The van der Waals surface area contributed by atoms with E-state index in [9.17, 15) is 4.79 Å². The smallest absolute Gasteiger partial charge is 0.136 e. The normalized spacial score (nSPS) is 29.1. The minimum atomic E-state index is 0.146. The SMILES string of the molecule is C=C(C)[C@@H]1CC(=O)[C@H](C)[C@H](c2ccccc2)C1. The Balaban J connectivity index is 2.26. The van der Waals surface area contributed by atoms with Crippen LogP contribution >= 0.6 is 0 Å². The van der Waals surface area contributed by atoms with Crippen LogP contribution in [-0.2, 0) is 4.79 Å². The monoisotopic (exact) mass is 228 g/mol. The second kappa shape index (κ2) is 4.87. The molecule has 1 aliphatic carbocycles. The molecule has 0 aromatic heterocycles. The van der Waals surface area contributed by atoms with E-state index in [-0.39, 0.29) is 5.92 Å². The van der Waals surface area contributed by atoms with E-state index in [0.29, 0.717) is 24.0 Å². The van der Waals surface area contributed by atoms with Crippen LogP contribution in [-0.4, -0.2) is 5.78 Å². The number of carbonyl (C=O) groups excluding carboxylic acids is 1. The second-order valence-corrected chi connectivity index (χ2v) is 5.26. The standard InChI is InChI=1S/C16H20O/c1-11(2)14-9-15(12(3)16(17)10-14)13-7-5-4-6-8-13/h4-8,12,14-15H,1,9-10H2,2-3H3/t12-,14+,15-/m1/s1. The molecule has 0 heterocycles. The molecule has 0 saturated heterocycles. The number of hydrogen-bond acceptors (Lipinski definition) is 1. The Hall–Kier alpha value is -1.37. The van der Waals surface area contributed by atoms with Crippen molar-refractivity contribution in [1.29, 1.82) is 0 Å². The minimum Gasteiger partial charge on any atom is -0.299 e. The summed E-state index contributed by atoms with van der Waals surface area (Å²) in [6, 6.07) is 10.4. The van der Waals surface area contributed by atoms with Crippen molar-refractivity contribution in [2.45, 2.75) is 32.6 Å². The summed E-state index contributed by atoms with van der Waals surface area (Å²) >= 11 is 0. The topological polar surface area (TPSA) is 17.1 Å². The third-order valence-electron chi connectivity index (χ3n) is 4.02. The fourth-order valence-electron chi connectivity index (χ4n) is 2.75. The maximum Gasteiger partial charge on any atom is 0.136 e. The summed E-state index contributed by atoms with van der Waals surface area (Å²) in [4.78, 5) is 12.1. The van der Waals surface area contributed by atoms with Crippen LogP contribution in [0.15, 0.2) is 42.5 Å². The number of ketones is 1. The summed E-state index contributed by atoms with van der Waals surface area (Å²) in [6.07, 6.45) is 1.74. The first kappa shape index (κ1) is 12.1. The molecule has 1 aromatic rings. The third-order valence-corrected chi connectivity index (χ3v) is 4.02. The molecule has 1 aliphatic rings. The van der Waals surface area contributed by atoms with Crippen molar-refractivity contribution in [3.8, 4) is 0 Å². The van der Waals surface area contributed by atoms with Gasteiger partial charge in [0, 0.05) is 12.3 Å². The Morgan fingerprint density at radius 3 is 2.53 bits per heavy atom. The summed E-state index contributed by atoms with van der Waals surface area (Å²) in [6.45, 7) is 8.12. The van der Waals surface area contributed by atoms with Gasteiger partial charge in [-0.1, -0.05) is 49.4 Å². The second-order valence-electron chi connectivity index (χ2n) is 5.26. The molecular formula is C16H20O. The largest absolute Gasteiger partial charge is 0.299 e. The van der Waals surface area contributed by atoms with Crippen LogP contribution in [0.25, 0.3) is 0 Å². The van der Waals surface area contributed by atoms with Gasteiger partial charge in [-0.3, -0.25) is 4.79 Å². The van der Waals surface area contributed by atoms with E-state index < -0.39 is 0 Å². The van der Waals surface area contributed by atoms with Crippen LogP contribution in [0, 0.1) is 11.8 Å². The lowest BCUT2D eigenvalue weighted by atomic mass is 9.69. The van der Waals surface area contributed by atoms with Crippen LogP contribution in [0.4, 0.5) is 0 Å². The van der Waals surface area contributed by atoms with Gasteiger partial charge < -0.3 is 0 Å². The molecule has 90 valence electrons. The molecule has 1 fully saturated rings. The molecule has 0 aliphatic heterocycles. The maximum absolute atomic E-state index is 12.1. The third kappa shape index (κ3) is 2.49. The highest BCUT2D eigenvalue weighted by atomic mass is 16.1. The highest BCUT2D eigenvalue weighted by molar-refractivity contribution is 5.83. The molecule has 17 heavy (non-hydrogen) atoms. The Bertz CT molecular complexity index is 418. The van der Waals surface area contributed by atoms with Crippen molar-refractivity contribution in [2.24, 2.45) is 11.8 Å². The number of allylic oxidation sites excluding steroid dienone is 1. The van der Waals surface area contributed by atoms with E-state index in [0.717, 1.165) is 12.0 Å². The predicted octanol–water partition coefficient (Wildman–Crippen LogP) is 3.96. The Morgan fingerprint density at radius 1 is 1.29 bits per heavy atom. The molecule has 0 radical (unpaired) electrons. The van der Waals surface area contributed by atoms with E-state index in [2.05, 4.69) is 37.8 Å². The van der Waals surface area contributed by atoms with Crippen LogP contribution in [0.3, 0.4) is 0 Å². The van der Waals surface area contributed by atoms with Gasteiger partial charge in [0.15, 0.2) is 0 Å². The van der Waals surface area contributed by atoms with Gasteiger partial charge in [0.05, 0.1) is 0 Å². The molecule has 1 nitrogen and oxygen atoms in total. The quantitative estimate of drug-likeness (QED) is 0.700. The van der Waals surface area contributed by atoms with Gasteiger partial charge in [0.1, 0.15) is 5.78 Å². The first-order valence-electron chi connectivity index (χ1n) is 6.32. The summed E-state index contributed by atoms with van der Waals surface area (Å²) in [5.74, 6) is 1.26. The molecule has 0 N–H and O–H groups in total. The van der Waals surface area contributed by atoms with Gasteiger partial charge in [0.2, 0.25) is 0 Å². The molecule has 3 atom stereocenters. The highest BCUT2D eigenvalue weighted by Crippen LogP contribution is 2.40. The molecule has 0 unspecified atom stereocenters. The van der Waals surface area contributed by atoms with E-state index in [1.807, 2.05) is 13.0 Å². The van der Waals surface area contributed by atoms with Crippen molar-refractivity contribution in [1.82, 2.24) is 0 Å². The Morgan fingerprint density at radius 2 is 1.94 bits per heavy atom. The zero-order chi connectivity index (χ0) is 12.4. The molecule has 0 amide bonds. The molecular weight excluding hydrogens is 208 g/mol. The van der Waals surface area contributed by atoms with Crippen molar-refractivity contribution in [3.63, 3.8) is 0 Å². The number of carbonyl (C=O) groups is 1. The van der Waals surface area contributed by atoms with E-state index in [1.165, 1.54) is 5.56 Å². The molecule has 0 spiro atoms.